The van der Waals surface area contributed by atoms with Gasteiger partial charge in [-0.2, -0.15) is 0 Å². The summed E-state index contributed by atoms with van der Waals surface area (Å²) in [5, 5.41) is 14.0. The summed E-state index contributed by atoms with van der Waals surface area (Å²) in [7, 11) is -3.28. The zero-order chi connectivity index (χ0) is 16.0. The molecule has 0 aromatic rings. The van der Waals surface area contributed by atoms with Crippen molar-refractivity contribution in [1.82, 2.24) is 10.6 Å². The van der Waals surface area contributed by atoms with Crippen LogP contribution in [-0.2, 0) is 19.4 Å². The zero-order valence-corrected chi connectivity index (χ0v) is 13.0. The summed E-state index contributed by atoms with van der Waals surface area (Å²) in [6.45, 7) is 3.05. The van der Waals surface area contributed by atoms with Crippen LogP contribution in [0.2, 0.25) is 0 Å². The summed E-state index contributed by atoms with van der Waals surface area (Å²) in [5.41, 5.74) is 0. The Bertz CT molecular complexity index is 472. The van der Waals surface area contributed by atoms with Crippen molar-refractivity contribution in [2.24, 2.45) is 5.92 Å². The molecule has 1 saturated heterocycles. The van der Waals surface area contributed by atoms with Crippen molar-refractivity contribution in [3.8, 4) is 0 Å². The fourth-order valence-electron chi connectivity index (χ4n) is 2.06. The molecule has 1 heterocycles. The Hall–Kier alpha value is -1.35. The topological polar surface area (TPSA) is 122 Å². The van der Waals surface area contributed by atoms with Crippen molar-refractivity contribution in [3.63, 3.8) is 0 Å². The molecular formula is C12H22N2O6S. The summed E-state index contributed by atoms with van der Waals surface area (Å²) in [4.78, 5) is 22.8. The van der Waals surface area contributed by atoms with Crippen LogP contribution in [0.15, 0.2) is 0 Å². The van der Waals surface area contributed by atoms with Gasteiger partial charge in [-0.15, -0.1) is 0 Å². The third-order valence-electron chi connectivity index (χ3n) is 3.41. The first-order valence-electron chi connectivity index (χ1n) is 6.74. The highest BCUT2D eigenvalue weighted by atomic mass is 32.2. The number of carbonyl (C=O) groups excluding carboxylic acids is 1. The number of carboxylic acid groups (broad SMARTS) is 1. The first kappa shape index (κ1) is 17.7. The van der Waals surface area contributed by atoms with Crippen LogP contribution in [0, 0.1) is 5.92 Å². The van der Waals surface area contributed by atoms with Gasteiger partial charge in [0.25, 0.3) is 0 Å². The summed E-state index contributed by atoms with van der Waals surface area (Å²) in [6, 6.07) is -1.99. The van der Waals surface area contributed by atoms with Crippen molar-refractivity contribution in [2.75, 3.05) is 25.2 Å². The van der Waals surface area contributed by atoms with Gasteiger partial charge in [-0.05, 0) is 19.8 Å². The molecule has 0 aliphatic carbocycles. The van der Waals surface area contributed by atoms with Crippen LogP contribution in [-0.4, -0.2) is 62.8 Å². The molecule has 0 aromatic heterocycles. The number of hydrogen-bond donors (Lipinski definition) is 3. The lowest BCUT2D eigenvalue weighted by molar-refractivity contribution is -0.139. The maximum Gasteiger partial charge on any atom is 0.326 e. The van der Waals surface area contributed by atoms with E-state index in [9.17, 15) is 18.0 Å². The summed E-state index contributed by atoms with van der Waals surface area (Å²) in [6.07, 6.45) is 1.70. The number of hydrogen-bond acceptors (Lipinski definition) is 5. The van der Waals surface area contributed by atoms with Gasteiger partial charge in [0.2, 0.25) is 0 Å². The van der Waals surface area contributed by atoms with E-state index < -0.39 is 27.9 Å². The highest BCUT2D eigenvalue weighted by Gasteiger charge is 2.26. The van der Waals surface area contributed by atoms with Crippen LogP contribution in [0.25, 0.3) is 0 Å². The molecule has 9 heteroatoms. The van der Waals surface area contributed by atoms with E-state index in [0.29, 0.717) is 13.2 Å². The molecule has 0 radical (unpaired) electrons. The van der Waals surface area contributed by atoms with Crippen LogP contribution in [0.4, 0.5) is 4.79 Å². The van der Waals surface area contributed by atoms with E-state index in [-0.39, 0.29) is 24.1 Å². The van der Waals surface area contributed by atoms with Crippen LogP contribution < -0.4 is 10.6 Å². The highest BCUT2D eigenvalue weighted by Crippen LogP contribution is 2.16. The number of carbonyl (C=O) groups is 2. The molecule has 1 rings (SSSR count). The molecule has 21 heavy (non-hydrogen) atoms. The number of urea groups is 1. The predicted molar refractivity (Wildman–Crippen MR) is 75.8 cm³/mol. The third kappa shape index (κ3) is 6.76. The van der Waals surface area contributed by atoms with E-state index >= 15 is 0 Å². The average Bonchev–Trinajstić information content (AvgIpc) is 2.86. The summed E-state index contributed by atoms with van der Waals surface area (Å²) in [5.74, 6) is -1.35. The fourth-order valence-corrected chi connectivity index (χ4v) is 2.72. The standard InChI is InChI=1S/C12H22N2O6S/c1-8(9-3-5-20-7-9)13-12(17)14-10(11(15)16)4-6-21(2,18)19/h8-10H,3-7H2,1-2H3,(H,15,16)(H2,13,14,17). The number of ether oxygens (including phenoxy) is 1. The number of rotatable bonds is 7. The molecule has 3 atom stereocenters. The van der Waals surface area contributed by atoms with E-state index in [0.717, 1.165) is 12.7 Å². The Morgan fingerprint density at radius 3 is 2.52 bits per heavy atom. The molecule has 3 unspecified atom stereocenters. The fraction of sp³-hybridized carbons (Fsp3) is 0.833. The Balaban J connectivity index is 2.46. The summed E-state index contributed by atoms with van der Waals surface area (Å²) < 4.78 is 27.3. The quantitative estimate of drug-likeness (QED) is 0.586. The molecule has 1 aliphatic rings. The number of sulfone groups is 1. The van der Waals surface area contributed by atoms with Gasteiger partial charge in [-0.1, -0.05) is 0 Å². The molecule has 0 saturated carbocycles. The summed E-state index contributed by atoms with van der Waals surface area (Å²) >= 11 is 0. The van der Waals surface area contributed by atoms with Crippen molar-refractivity contribution in [1.29, 1.82) is 0 Å². The Morgan fingerprint density at radius 2 is 2.05 bits per heavy atom. The van der Waals surface area contributed by atoms with Gasteiger partial charge in [0, 0.05) is 24.8 Å². The first-order chi connectivity index (χ1) is 9.69. The van der Waals surface area contributed by atoms with E-state index in [2.05, 4.69) is 10.6 Å². The van der Waals surface area contributed by atoms with Crippen LogP contribution in [0.5, 0.6) is 0 Å². The van der Waals surface area contributed by atoms with Gasteiger partial charge in [0.1, 0.15) is 15.9 Å². The minimum Gasteiger partial charge on any atom is -0.480 e. The number of nitrogens with one attached hydrogen (secondary N) is 2. The first-order valence-corrected chi connectivity index (χ1v) is 8.80. The van der Waals surface area contributed by atoms with Crippen molar-refractivity contribution in [2.45, 2.75) is 31.8 Å². The minimum atomic E-state index is -3.28. The van der Waals surface area contributed by atoms with Crippen molar-refractivity contribution < 1.29 is 27.9 Å². The predicted octanol–water partition coefficient (Wildman–Crippen LogP) is -0.401. The number of amides is 2. The average molecular weight is 322 g/mol. The second-order valence-electron chi connectivity index (χ2n) is 5.34. The largest absolute Gasteiger partial charge is 0.480 e. The Labute approximate surface area is 124 Å². The van der Waals surface area contributed by atoms with Crippen LogP contribution in [0.3, 0.4) is 0 Å². The molecule has 122 valence electrons. The van der Waals surface area contributed by atoms with E-state index in [1.165, 1.54) is 0 Å². The monoisotopic (exact) mass is 322 g/mol. The normalized spacial score (nSPS) is 21.5. The van der Waals surface area contributed by atoms with Gasteiger partial charge in [0.05, 0.1) is 12.4 Å². The molecule has 1 aliphatic heterocycles. The molecule has 0 aromatic carbocycles. The maximum atomic E-state index is 11.8. The van der Waals surface area contributed by atoms with E-state index in [4.69, 9.17) is 9.84 Å². The molecule has 0 bridgehead atoms. The van der Waals surface area contributed by atoms with Crippen LogP contribution in [0.1, 0.15) is 19.8 Å². The number of aliphatic carboxylic acids is 1. The highest BCUT2D eigenvalue weighted by molar-refractivity contribution is 7.90. The second kappa shape index (κ2) is 7.60. The van der Waals surface area contributed by atoms with Crippen molar-refractivity contribution >= 4 is 21.8 Å². The second-order valence-corrected chi connectivity index (χ2v) is 7.60. The SMILES string of the molecule is CC(NC(=O)NC(CCS(C)(=O)=O)C(=O)O)C1CCOC1. The van der Waals surface area contributed by atoms with Crippen LogP contribution >= 0.6 is 0 Å². The lowest BCUT2D eigenvalue weighted by Crippen LogP contribution is -2.50. The number of carboxylic acids is 1. The van der Waals surface area contributed by atoms with E-state index in [1.54, 1.807) is 0 Å². The van der Waals surface area contributed by atoms with Crippen molar-refractivity contribution in [3.05, 3.63) is 0 Å². The lowest BCUT2D eigenvalue weighted by Gasteiger charge is -2.21. The Kier molecular flexibility index (Phi) is 6.41. The van der Waals surface area contributed by atoms with E-state index in [1.807, 2.05) is 6.92 Å². The van der Waals surface area contributed by atoms with Gasteiger partial charge in [-0.3, -0.25) is 0 Å². The lowest BCUT2D eigenvalue weighted by atomic mass is 10.0. The maximum absolute atomic E-state index is 11.8. The van der Waals surface area contributed by atoms with Gasteiger partial charge < -0.3 is 20.5 Å². The van der Waals surface area contributed by atoms with Gasteiger partial charge in [-0.25, -0.2) is 18.0 Å². The molecule has 3 N–H and O–H groups in total. The smallest absolute Gasteiger partial charge is 0.326 e. The minimum absolute atomic E-state index is 0.142. The molecule has 2 amide bonds. The zero-order valence-electron chi connectivity index (χ0n) is 12.2. The molecule has 1 fully saturated rings. The van der Waals surface area contributed by atoms with Gasteiger partial charge >= 0.3 is 12.0 Å². The van der Waals surface area contributed by atoms with Gasteiger partial charge in [0.15, 0.2) is 0 Å². The Morgan fingerprint density at radius 1 is 1.38 bits per heavy atom. The third-order valence-corrected chi connectivity index (χ3v) is 4.39. The molecule has 8 nitrogen and oxygen atoms in total. The molecular weight excluding hydrogens is 300 g/mol. The molecule has 0 spiro atoms.